The van der Waals surface area contributed by atoms with Crippen molar-refractivity contribution in [3.63, 3.8) is 0 Å². The molecule has 0 aliphatic rings. The maximum Gasteiger partial charge on any atom is 0.274 e. The molecule has 0 spiro atoms. The Balaban J connectivity index is 1.77. The van der Waals surface area contributed by atoms with E-state index in [4.69, 9.17) is 0 Å². The number of hydrogen-bond donors (Lipinski definition) is 1. The highest BCUT2D eigenvalue weighted by molar-refractivity contribution is 6.04. The van der Waals surface area contributed by atoms with Crippen molar-refractivity contribution in [2.45, 2.75) is 0 Å². The zero-order valence-corrected chi connectivity index (χ0v) is 15.5. The molecule has 1 N–H and O–H groups in total. The van der Waals surface area contributed by atoms with Crippen LogP contribution in [0.15, 0.2) is 84.9 Å². The molecule has 0 radical (unpaired) electrons. The highest BCUT2D eigenvalue weighted by Crippen LogP contribution is 2.24. The number of rotatable bonds is 5. The van der Waals surface area contributed by atoms with Crippen LogP contribution in [-0.2, 0) is 0 Å². The van der Waals surface area contributed by atoms with Gasteiger partial charge in [-0.15, -0.1) is 0 Å². The van der Waals surface area contributed by atoms with Crippen molar-refractivity contribution < 1.29 is 14.1 Å². The molecule has 148 valence electrons. The molecule has 4 aromatic rings. The molecule has 0 unspecified atom stereocenters. The number of halogens is 1. The van der Waals surface area contributed by atoms with E-state index >= 15 is 0 Å². The third-order valence-electron chi connectivity index (χ3n) is 4.44. The van der Waals surface area contributed by atoms with E-state index in [-0.39, 0.29) is 17.1 Å². The molecule has 0 aliphatic carbocycles. The third kappa shape index (κ3) is 3.79. The first-order chi connectivity index (χ1) is 14.5. The molecule has 1 heterocycles. The normalized spacial score (nSPS) is 10.6. The van der Waals surface area contributed by atoms with Crippen LogP contribution < -0.4 is 5.32 Å². The Labute approximate surface area is 170 Å². The van der Waals surface area contributed by atoms with Gasteiger partial charge in [0.05, 0.1) is 22.0 Å². The van der Waals surface area contributed by atoms with E-state index < -0.39 is 16.6 Å². The molecule has 7 nitrogen and oxygen atoms in total. The van der Waals surface area contributed by atoms with Crippen molar-refractivity contribution in [3.8, 4) is 16.9 Å². The van der Waals surface area contributed by atoms with Crippen LogP contribution in [0.3, 0.4) is 0 Å². The van der Waals surface area contributed by atoms with Crippen molar-refractivity contribution in [1.82, 2.24) is 9.78 Å². The van der Waals surface area contributed by atoms with Gasteiger partial charge in [-0.3, -0.25) is 14.9 Å². The zero-order valence-electron chi connectivity index (χ0n) is 15.5. The van der Waals surface area contributed by atoms with Crippen molar-refractivity contribution in [2.75, 3.05) is 5.32 Å². The minimum atomic E-state index is -0.562. The molecule has 30 heavy (non-hydrogen) atoms. The molecule has 3 aromatic carbocycles. The molecular weight excluding hydrogens is 387 g/mol. The number of amides is 1. The zero-order chi connectivity index (χ0) is 21.1. The maximum atomic E-state index is 14.0. The Morgan fingerprint density at radius 2 is 1.63 bits per heavy atom. The predicted octanol–water partition coefficient (Wildman–Crippen LogP) is 4.84. The van der Waals surface area contributed by atoms with Crippen molar-refractivity contribution in [3.05, 3.63) is 107 Å². The van der Waals surface area contributed by atoms with Gasteiger partial charge in [-0.05, 0) is 30.3 Å². The fraction of sp³-hybridized carbons (Fsp3) is 0. The van der Waals surface area contributed by atoms with Gasteiger partial charge in [-0.1, -0.05) is 42.5 Å². The summed E-state index contributed by atoms with van der Waals surface area (Å²) in [4.78, 5) is 23.4. The second kappa shape index (κ2) is 7.96. The third-order valence-corrected chi connectivity index (χ3v) is 4.44. The summed E-state index contributed by atoms with van der Waals surface area (Å²) in [7, 11) is 0. The Morgan fingerprint density at radius 3 is 2.30 bits per heavy atom. The van der Waals surface area contributed by atoms with E-state index in [1.165, 1.54) is 47.1 Å². The maximum absolute atomic E-state index is 14.0. The Kier molecular flexibility index (Phi) is 5.04. The molecular formula is C22H15FN4O3. The first-order valence-corrected chi connectivity index (χ1v) is 8.99. The Bertz CT molecular complexity index is 1220. The average molecular weight is 402 g/mol. The lowest BCUT2D eigenvalue weighted by Gasteiger charge is -2.09. The number of para-hydroxylation sites is 1. The van der Waals surface area contributed by atoms with Crippen LogP contribution in [0.1, 0.15) is 10.5 Å². The summed E-state index contributed by atoms with van der Waals surface area (Å²) >= 11 is 0. The molecule has 8 heteroatoms. The van der Waals surface area contributed by atoms with Gasteiger partial charge < -0.3 is 5.32 Å². The summed E-state index contributed by atoms with van der Waals surface area (Å²) in [5.74, 6) is -1.12. The number of nitrogens with zero attached hydrogens (tertiary/aromatic N) is 3. The number of benzene rings is 3. The van der Waals surface area contributed by atoms with Crippen LogP contribution in [0.4, 0.5) is 15.8 Å². The first kappa shape index (κ1) is 19.0. The van der Waals surface area contributed by atoms with Crippen molar-refractivity contribution >= 4 is 17.3 Å². The smallest absolute Gasteiger partial charge is 0.274 e. The van der Waals surface area contributed by atoms with Crippen molar-refractivity contribution in [1.29, 1.82) is 0 Å². The number of carbonyl (C=O) groups excluding carboxylic acids is 1. The lowest BCUT2D eigenvalue weighted by Crippen LogP contribution is -2.17. The first-order valence-electron chi connectivity index (χ1n) is 8.99. The van der Waals surface area contributed by atoms with Gasteiger partial charge in [-0.2, -0.15) is 5.10 Å². The summed E-state index contributed by atoms with van der Waals surface area (Å²) < 4.78 is 15.4. The largest absolute Gasteiger partial charge is 0.318 e. The summed E-state index contributed by atoms with van der Waals surface area (Å²) in [6.07, 6.45) is 0. The van der Waals surface area contributed by atoms with Gasteiger partial charge >= 0.3 is 0 Å². The molecule has 0 saturated heterocycles. The Hall–Kier alpha value is -4.33. The summed E-state index contributed by atoms with van der Waals surface area (Å²) in [6.45, 7) is 0. The van der Waals surface area contributed by atoms with Gasteiger partial charge in [0, 0.05) is 17.7 Å². The number of carbonyl (C=O) groups is 1. The molecule has 0 fully saturated rings. The van der Waals surface area contributed by atoms with Crippen molar-refractivity contribution in [2.24, 2.45) is 0 Å². The number of nitrogens with one attached hydrogen (secondary N) is 1. The lowest BCUT2D eigenvalue weighted by molar-refractivity contribution is -0.384. The number of anilines is 1. The van der Waals surface area contributed by atoms with E-state index in [9.17, 15) is 19.3 Å². The highest BCUT2D eigenvalue weighted by atomic mass is 19.1. The van der Waals surface area contributed by atoms with E-state index in [1.807, 2.05) is 30.3 Å². The minimum absolute atomic E-state index is 0.0419. The Morgan fingerprint density at radius 1 is 0.967 bits per heavy atom. The van der Waals surface area contributed by atoms with E-state index in [2.05, 4.69) is 10.4 Å². The van der Waals surface area contributed by atoms with Crippen LogP contribution in [0.5, 0.6) is 0 Å². The van der Waals surface area contributed by atoms with Crippen LogP contribution in [0, 0.1) is 15.9 Å². The fourth-order valence-electron chi connectivity index (χ4n) is 2.95. The lowest BCUT2D eigenvalue weighted by atomic mass is 10.1. The monoisotopic (exact) mass is 402 g/mol. The molecule has 0 saturated carbocycles. The molecule has 1 aromatic heterocycles. The second-order valence-electron chi connectivity index (χ2n) is 6.40. The highest BCUT2D eigenvalue weighted by Gasteiger charge is 2.19. The molecule has 1 amide bonds. The SMILES string of the molecule is O=C(Nc1ccccc1F)c1cc(-c2ccccc2)nn1-c1ccc([N+](=O)[O-])cc1. The van der Waals surface area contributed by atoms with Crippen LogP contribution in [-0.4, -0.2) is 20.6 Å². The number of non-ortho nitro benzene ring substituents is 1. The fourth-order valence-corrected chi connectivity index (χ4v) is 2.95. The average Bonchev–Trinajstić information content (AvgIpc) is 3.22. The van der Waals surface area contributed by atoms with Gasteiger partial charge in [0.2, 0.25) is 0 Å². The second-order valence-corrected chi connectivity index (χ2v) is 6.40. The number of hydrogen-bond acceptors (Lipinski definition) is 4. The molecule has 0 atom stereocenters. The summed E-state index contributed by atoms with van der Waals surface area (Å²) in [6, 6.07) is 22.4. The standard InChI is InChI=1S/C22H15FN4O3/c23-18-8-4-5-9-19(18)24-22(28)21-14-20(15-6-2-1-3-7-15)25-26(21)16-10-12-17(13-11-16)27(29)30/h1-14H,(H,24,28). The van der Waals surface area contributed by atoms with E-state index in [0.29, 0.717) is 11.4 Å². The van der Waals surface area contributed by atoms with Gasteiger partial charge in [0.15, 0.2) is 0 Å². The van der Waals surface area contributed by atoms with E-state index in [0.717, 1.165) is 5.56 Å². The van der Waals surface area contributed by atoms with Crippen LogP contribution in [0.25, 0.3) is 16.9 Å². The summed E-state index contributed by atoms with van der Waals surface area (Å²) in [5.41, 5.74) is 1.91. The number of nitro groups is 1. The van der Waals surface area contributed by atoms with Crippen LogP contribution in [0.2, 0.25) is 0 Å². The molecule has 4 rings (SSSR count). The minimum Gasteiger partial charge on any atom is -0.318 e. The molecule has 0 aliphatic heterocycles. The van der Waals surface area contributed by atoms with Crippen LogP contribution >= 0.6 is 0 Å². The number of nitro benzene ring substituents is 1. The van der Waals surface area contributed by atoms with Gasteiger partial charge in [-0.25, -0.2) is 9.07 Å². The quantitative estimate of drug-likeness (QED) is 0.382. The topological polar surface area (TPSA) is 90.1 Å². The predicted molar refractivity (Wildman–Crippen MR) is 110 cm³/mol. The number of aromatic nitrogens is 2. The van der Waals surface area contributed by atoms with Gasteiger partial charge in [0.1, 0.15) is 11.5 Å². The summed E-state index contributed by atoms with van der Waals surface area (Å²) in [5, 5.41) is 18.0. The molecule has 0 bridgehead atoms. The van der Waals surface area contributed by atoms with E-state index in [1.54, 1.807) is 12.1 Å². The van der Waals surface area contributed by atoms with Gasteiger partial charge in [0.25, 0.3) is 11.6 Å².